The fraction of sp³-hybridized carbons (Fsp3) is 0.308. The number of nitrogens with two attached hydrogens (primary N) is 1. The summed E-state index contributed by atoms with van der Waals surface area (Å²) in [6.07, 6.45) is 2.72. The van der Waals surface area contributed by atoms with E-state index >= 15 is 0 Å². The third kappa shape index (κ3) is 2.10. The summed E-state index contributed by atoms with van der Waals surface area (Å²) >= 11 is 3.53. The molecule has 1 heterocycles. The number of aromatic nitrogens is 2. The number of rotatable bonds is 3. The SMILES string of the molecule is CCc1cc(Br)c(OC)c(-c2cnn(C)c2N)c1. The van der Waals surface area contributed by atoms with Crippen LogP contribution in [0.5, 0.6) is 5.75 Å². The van der Waals surface area contributed by atoms with Crippen LogP contribution in [0, 0.1) is 0 Å². The van der Waals surface area contributed by atoms with Gasteiger partial charge in [0.05, 0.1) is 17.8 Å². The maximum absolute atomic E-state index is 6.03. The molecular weight excluding hydrogens is 294 g/mol. The highest BCUT2D eigenvalue weighted by molar-refractivity contribution is 9.10. The Labute approximate surface area is 115 Å². The molecule has 0 spiro atoms. The standard InChI is InChI=1S/C13H16BrN3O/c1-4-8-5-9(12(18-3)11(14)6-8)10-7-16-17(2)13(10)15/h5-7H,4,15H2,1-3H3. The molecule has 0 bridgehead atoms. The summed E-state index contributed by atoms with van der Waals surface area (Å²) in [5, 5.41) is 4.17. The zero-order chi connectivity index (χ0) is 13.3. The molecule has 2 aromatic rings. The molecule has 0 amide bonds. The number of halogens is 1. The summed E-state index contributed by atoms with van der Waals surface area (Å²) in [6, 6.07) is 4.16. The molecule has 0 saturated heterocycles. The molecule has 0 atom stereocenters. The lowest BCUT2D eigenvalue weighted by atomic mass is 10.0. The second kappa shape index (κ2) is 5.02. The van der Waals surface area contributed by atoms with Crippen LogP contribution in [0.3, 0.4) is 0 Å². The van der Waals surface area contributed by atoms with Crippen LogP contribution in [0.1, 0.15) is 12.5 Å². The van der Waals surface area contributed by atoms with Crippen molar-refractivity contribution in [3.8, 4) is 16.9 Å². The van der Waals surface area contributed by atoms with Crippen molar-refractivity contribution < 1.29 is 4.74 Å². The Bertz CT molecular complexity index is 578. The first-order valence-electron chi connectivity index (χ1n) is 5.72. The predicted octanol–water partition coefficient (Wildman–Crippen LogP) is 3.00. The molecule has 2 N–H and O–H groups in total. The Morgan fingerprint density at radius 3 is 2.61 bits per heavy atom. The van der Waals surface area contributed by atoms with Gasteiger partial charge in [-0.25, -0.2) is 0 Å². The first-order chi connectivity index (χ1) is 8.58. The van der Waals surface area contributed by atoms with Gasteiger partial charge in [0.25, 0.3) is 0 Å². The Morgan fingerprint density at radius 2 is 2.11 bits per heavy atom. The van der Waals surface area contributed by atoms with Gasteiger partial charge in [0, 0.05) is 18.2 Å². The predicted molar refractivity (Wildman–Crippen MR) is 76.7 cm³/mol. The van der Waals surface area contributed by atoms with Crippen molar-refractivity contribution in [2.45, 2.75) is 13.3 Å². The first-order valence-corrected chi connectivity index (χ1v) is 6.52. The van der Waals surface area contributed by atoms with Crippen LogP contribution in [0.15, 0.2) is 22.8 Å². The van der Waals surface area contributed by atoms with Gasteiger partial charge in [-0.3, -0.25) is 4.68 Å². The zero-order valence-corrected chi connectivity index (χ0v) is 12.3. The minimum absolute atomic E-state index is 0.633. The van der Waals surface area contributed by atoms with Gasteiger partial charge in [-0.2, -0.15) is 5.10 Å². The van der Waals surface area contributed by atoms with E-state index in [2.05, 4.69) is 40.1 Å². The van der Waals surface area contributed by atoms with E-state index < -0.39 is 0 Å². The number of nitrogen functional groups attached to an aromatic ring is 1. The Hall–Kier alpha value is -1.49. The van der Waals surface area contributed by atoms with Gasteiger partial charge in [-0.15, -0.1) is 0 Å². The van der Waals surface area contributed by atoms with Gasteiger partial charge in [0.15, 0.2) is 0 Å². The molecule has 96 valence electrons. The molecule has 0 unspecified atom stereocenters. The topological polar surface area (TPSA) is 53.1 Å². The Balaban J connectivity index is 2.68. The smallest absolute Gasteiger partial charge is 0.141 e. The summed E-state index contributed by atoms with van der Waals surface area (Å²) in [4.78, 5) is 0. The van der Waals surface area contributed by atoms with Crippen LogP contribution in [0.25, 0.3) is 11.1 Å². The number of hydrogen-bond donors (Lipinski definition) is 1. The van der Waals surface area contributed by atoms with Crippen LogP contribution in [0.2, 0.25) is 0 Å². The average Bonchev–Trinajstić information content (AvgIpc) is 2.69. The molecule has 0 saturated carbocycles. The third-order valence-electron chi connectivity index (χ3n) is 2.99. The van der Waals surface area contributed by atoms with Crippen LogP contribution in [-0.4, -0.2) is 16.9 Å². The molecule has 0 radical (unpaired) electrons. The van der Waals surface area contributed by atoms with E-state index in [0.717, 1.165) is 27.8 Å². The van der Waals surface area contributed by atoms with Gasteiger partial charge in [-0.1, -0.05) is 6.92 Å². The molecular formula is C13H16BrN3O. The summed E-state index contributed by atoms with van der Waals surface area (Å²) in [5.41, 5.74) is 9.11. The van der Waals surface area contributed by atoms with Gasteiger partial charge >= 0.3 is 0 Å². The number of anilines is 1. The number of aryl methyl sites for hydroxylation is 2. The van der Waals surface area contributed by atoms with Crippen molar-refractivity contribution in [2.24, 2.45) is 7.05 Å². The fourth-order valence-electron chi connectivity index (χ4n) is 1.92. The van der Waals surface area contributed by atoms with E-state index in [1.807, 2.05) is 7.05 Å². The van der Waals surface area contributed by atoms with E-state index in [9.17, 15) is 0 Å². The molecule has 0 aliphatic rings. The first kappa shape index (κ1) is 13.0. The van der Waals surface area contributed by atoms with Gasteiger partial charge in [-0.05, 0) is 40.0 Å². The van der Waals surface area contributed by atoms with Gasteiger partial charge in [0.2, 0.25) is 0 Å². The normalized spacial score (nSPS) is 10.7. The highest BCUT2D eigenvalue weighted by Gasteiger charge is 2.16. The summed E-state index contributed by atoms with van der Waals surface area (Å²) in [7, 11) is 3.48. The van der Waals surface area contributed by atoms with Crippen LogP contribution >= 0.6 is 15.9 Å². The fourth-order valence-corrected chi connectivity index (χ4v) is 2.59. The number of methoxy groups -OCH3 is 1. The van der Waals surface area contributed by atoms with Crippen molar-refractivity contribution in [3.05, 3.63) is 28.4 Å². The monoisotopic (exact) mass is 309 g/mol. The molecule has 0 aliphatic carbocycles. The Kier molecular flexibility index (Phi) is 3.61. The van der Waals surface area contributed by atoms with Crippen molar-refractivity contribution in [1.29, 1.82) is 0 Å². The van der Waals surface area contributed by atoms with Gasteiger partial charge in [0.1, 0.15) is 11.6 Å². The maximum Gasteiger partial charge on any atom is 0.141 e. The number of hydrogen-bond acceptors (Lipinski definition) is 3. The lowest BCUT2D eigenvalue weighted by Gasteiger charge is -2.12. The number of benzene rings is 1. The summed E-state index contributed by atoms with van der Waals surface area (Å²) in [6.45, 7) is 2.12. The molecule has 0 fully saturated rings. The maximum atomic E-state index is 6.03. The lowest BCUT2D eigenvalue weighted by Crippen LogP contribution is -1.99. The van der Waals surface area contributed by atoms with Crippen LogP contribution in [-0.2, 0) is 13.5 Å². The molecule has 1 aromatic carbocycles. The quantitative estimate of drug-likeness (QED) is 0.948. The van der Waals surface area contributed by atoms with E-state index in [1.165, 1.54) is 5.56 Å². The molecule has 1 aromatic heterocycles. The highest BCUT2D eigenvalue weighted by atomic mass is 79.9. The summed E-state index contributed by atoms with van der Waals surface area (Å²) < 4.78 is 8.04. The largest absolute Gasteiger partial charge is 0.495 e. The van der Waals surface area contributed by atoms with Crippen molar-refractivity contribution in [3.63, 3.8) is 0 Å². The molecule has 2 rings (SSSR count). The molecule has 5 heteroatoms. The Morgan fingerprint density at radius 1 is 1.39 bits per heavy atom. The summed E-state index contributed by atoms with van der Waals surface area (Å²) in [5.74, 6) is 1.42. The van der Waals surface area contributed by atoms with Crippen molar-refractivity contribution >= 4 is 21.7 Å². The minimum Gasteiger partial charge on any atom is -0.495 e. The van der Waals surface area contributed by atoms with E-state index in [0.29, 0.717) is 5.82 Å². The second-order valence-corrected chi connectivity index (χ2v) is 4.93. The average molecular weight is 310 g/mol. The van der Waals surface area contributed by atoms with E-state index in [4.69, 9.17) is 10.5 Å². The molecule has 4 nitrogen and oxygen atoms in total. The van der Waals surface area contributed by atoms with Crippen molar-refractivity contribution in [2.75, 3.05) is 12.8 Å². The van der Waals surface area contributed by atoms with Gasteiger partial charge < -0.3 is 10.5 Å². The second-order valence-electron chi connectivity index (χ2n) is 4.08. The van der Waals surface area contributed by atoms with E-state index in [-0.39, 0.29) is 0 Å². The third-order valence-corrected chi connectivity index (χ3v) is 3.58. The molecule has 18 heavy (non-hydrogen) atoms. The highest BCUT2D eigenvalue weighted by Crippen LogP contribution is 2.39. The lowest BCUT2D eigenvalue weighted by molar-refractivity contribution is 0.413. The van der Waals surface area contributed by atoms with E-state index in [1.54, 1.807) is 18.0 Å². The molecule has 0 aliphatic heterocycles. The number of nitrogens with zero attached hydrogens (tertiary/aromatic N) is 2. The van der Waals surface area contributed by atoms with Crippen molar-refractivity contribution in [1.82, 2.24) is 9.78 Å². The van der Waals surface area contributed by atoms with Crippen LogP contribution < -0.4 is 10.5 Å². The minimum atomic E-state index is 0.633. The number of ether oxygens (including phenoxy) is 1. The van der Waals surface area contributed by atoms with Crippen LogP contribution in [0.4, 0.5) is 5.82 Å². The zero-order valence-electron chi connectivity index (χ0n) is 10.7.